The van der Waals surface area contributed by atoms with Crippen LogP contribution in [0.3, 0.4) is 0 Å². The fraction of sp³-hybridized carbons (Fsp3) is 0.231. The van der Waals surface area contributed by atoms with Gasteiger partial charge in [0.2, 0.25) is 17.2 Å². The maximum atomic E-state index is 5.95. The first-order valence-corrected chi connectivity index (χ1v) is 7.71. The van der Waals surface area contributed by atoms with E-state index in [1.54, 1.807) is 34.6 Å². The molecule has 0 aromatic carbocycles. The standard InChI is InChI=1S/C13H13ClN6S/c1-2-9-3-6-21-10(9)7-16-12-17-11(14)18-13(19-12)20-5-4-15-8-20/h3-6,8H,2,7H2,1H3,(H,16,17,18,19). The zero-order valence-electron chi connectivity index (χ0n) is 11.3. The summed E-state index contributed by atoms with van der Waals surface area (Å²) in [6, 6.07) is 2.14. The molecule has 3 rings (SSSR count). The first-order chi connectivity index (χ1) is 10.3. The number of halogens is 1. The predicted octanol–water partition coefficient (Wildman–Crippen LogP) is 2.95. The maximum Gasteiger partial charge on any atom is 0.241 e. The smallest absolute Gasteiger partial charge is 0.241 e. The lowest BCUT2D eigenvalue weighted by Crippen LogP contribution is -2.08. The number of nitrogens with one attached hydrogen (secondary N) is 1. The number of rotatable bonds is 5. The third-order valence-corrected chi connectivity index (χ3v) is 4.09. The fourth-order valence-corrected chi connectivity index (χ4v) is 2.98. The lowest BCUT2D eigenvalue weighted by atomic mass is 10.2. The molecule has 1 N–H and O–H groups in total. The minimum absolute atomic E-state index is 0.151. The van der Waals surface area contributed by atoms with Crippen LogP contribution in [0.1, 0.15) is 17.4 Å². The highest BCUT2D eigenvalue weighted by molar-refractivity contribution is 7.10. The average Bonchev–Trinajstić information content (AvgIpc) is 3.15. The first-order valence-electron chi connectivity index (χ1n) is 6.45. The minimum Gasteiger partial charge on any atom is -0.349 e. The molecule has 0 aliphatic carbocycles. The molecule has 3 aromatic rings. The van der Waals surface area contributed by atoms with Crippen LogP contribution in [-0.2, 0) is 13.0 Å². The first kappa shape index (κ1) is 14.0. The van der Waals surface area contributed by atoms with Crippen molar-refractivity contribution in [3.63, 3.8) is 0 Å². The molecular formula is C13H13ClN6S. The Morgan fingerprint density at radius 3 is 3.00 bits per heavy atom. The summed E-state index contributed by atoms with van der Waals surface area (Å²) in [6.07, 6.45) is 6.04. The molecule has 8 heteroatoms. The van der Waals surface area contributed by atoms with E-state index in [-0.39, 0.29) is 5.28 Å². The molecule has 0 saturated heterocycles. The molecular weight excluding hydrogens is 308 g/mol. The molecule has 3 aromatic heterocycles. The van der Waals surface area contributed by atoms with Gasteiger partial charge in [-0.25, -0.2) is 4.98 Å². The topological polar surface area (TPSA) is 68.5 Å². The quantitative estimate of drug-likeness (QED) is 0.782. The van der Waals surface area contributed by atoms with Crippen molar-refractivity contribution in [2.45, 2.75) is 19.9 Å². The highest BCUT2D eigenvalue weighted by Crippen LogP contribution is 2.18. The van der Waals surface area contributed by atoms with Crippen LogP contribution >= 0.6 is 22.9 Å². The Labute approximate surface area is 130 Å². The third-order valence-electron chi connectivity index (χ3n) is 2.96. The van der Waals surface area contributed by atoms with Gasteiger partial charge in [-0.2, -0.15) is 15.0 Å². The van der Waals surface area contributed by atoms with Crippen LogP contribution in [-0.4, -0.2) is 24.5 Å². The molecule has 0 aliphatic heterocycles. The van der Waals surface area contributed by atoms with E-state index in [1.165, 1.54) is 10.4 Å². The van der Waals surface area contributed by atoms with E-state index in [4.69, 9.17) is 11.6 Å². The lowest BCUT2D eigenvalue weighted by molar-refractivity contribution is 0.888. The van der Waals surface area contributed by atoms with Gasteiger partial charge in [0.15, 0.2) is 0 Å². The number of thiophene rings is 1. The molecule has 0 bridgehead atoms. The van der Waals surface area contributed by atoms with Crippen LogP contribution in [0.5, 0.6) is 0 Å². The van der Waals surface area contributed by atoms with Crippen LogP contribution in [0.2, 0.25) is 5.28 Å². The minimum atomic E-state index is 0.151. The number of aromatic nitrogens is 5. The SMILES string of the molecule is CCc1ccsc1CNc1nc(Cl)nc(-n2ccnc2)n1. The van der Waals surface area contributed by atoms with E-state index in [0.29, 0.717) is 18.4 Å². The van der Waals surface area contributed by atoms with Gasteiger partial charge >= 0.3 is 0 Å². The van der Waals surface area contributed by atoms with E-state index >= 15 is 0 Å². The summed E-state index contributed by atoms with van der Waals surface area (Å²) < 4.78 is 1.68. The molecule has 0 radical (unpaired) electrons. The largest absolute Gasteiger partial charge is 0.349 e. The van der Waals surface area contributed by atoms with Crippen molar-refractivity contribution in [1.82, 2.24) is 24.5 Å². The van der Waals surface area contributed by atoms with Gasteiger partial charge in [0.05, 0.1) is 6.54 Å². The van der Waals surface area contributed by atoms with Gasteiger partial charge in [-0.15, -0.1) is 11.3 Å². The summed E-state index contributed by atoms with van der Waals surface area (Å²) in [5, 5.41) is 5.44. The number of imidazole rings is 1. The van der Waals surface area contributed by atoms with Crippen molar-refractivity contribution in [3.05, 3.63) is 45.9 Å². The highest BCUT2D eigenvalue weighted by atomic mass is 35.5. The molecule has 0 atom stereocenters. The van der Waals surface area contributed by atoms with E-state index in [9.17, 15) is 0 Å². The van der Waals surface area contributed by atoms with E-state index in [0.717, 1.165) is 6.42 Å². The number of hydrogen-bond donors (Lipinski definition) is 1. The van der Waals surface area contributed by atoms with Crippen molar-refractivity contribution in [2.75, 3.05) is 5.32 Å². The molecule has 21 heavy (non-hydrogen) atoms. The Morgan fingerprint density at radius 2 is 2.24 bits per heavy atom. The second-order valence-corrected chi connectivity index (χ2v) is 5.61. The number of aryl methyl sites for hydroxylation is 1. The van der Waals surface area contributed by atoms with Gasteiger partial charge in [-0.3, -0.25) is 4.57 Å². The van der Waals surface area contributed by atoms with Gasteiger partial charge < -0.3 is 5.32 Å². The zero-order chi connectivity index (χ0) is 14.7. The zero-order valence-corrected chi connectivity index (χ0v) is 12.9. The van der Waals surface area contributed by atoms with Gasteiger partial charge in [0.1, 0.15) is 6.33 Å². The Balaban J connectivity index is 1.79. The second kappa shape index (κ2) is 6.19. The van der Waals surface area contributed by atoms with Crippen molar-refractivity contribution in [2.24, 2.45) is 0 Å². The molecule has 0 spiro atoms. The van der Waals surface area contributed by atoms with Crippen LogP contribution in [0, 0.1) is 0 Å². The van der Waals surface area contributed by atoms with Crippen LogP contribution < -0.4 is 5.32 Å². The van der Waals surface area contributed by atoms with Crippen LogP contribution in [0.25, 0.3) is 5.95 Å². The lowest BCUT2D eigenvalue weighted by Gasteiger charge is -2.07. The molecule has 6 nitrogen and oxygen atoms in total. The summed E-state index contributed by atoms with van der Waals surface area (Å²) in [5.74, 6) is 0.894. The monoisotopic (exact) mass is 320 g/mol. The number of hydrogen-bond acceptors (Lipinski definition) is 6. The van der Waals surface area contributed by atoms with Crippen molar-refractivity contribution in [1.29, 1.82) is 0 Å². The second-order valence-electron chi connectivity index (χ2n) is 4.27. The van der Waals surface area contributed by atoms with Gasteiger partial charge in [0.25, 0.3) is 0 Å². The molecule has 108 valence electrons. The molecule has 0 amide bonds. The summed E-state index contributed by atoms with van der Waals surface area (Å²) in [5.41, 5.74) is 1.34. The summed E-state index contributed by atoms with van der Waals surface area (Å²) >= 11 is 7.67. The molecule has 0 fully saturated rings. The highest BCUT2D eigenvalue weighted by Gasteiger charge is 2.08. The Kier molecular flexibility index (Phi) is 4.12. The van der Waals surface area contributed by atoms with Gasteiger partial charge in [-0.05, 0) is 35.0 Å². The van der Waals surface area contributed by atoms with Crippen LogP contribution in [0.15, 0.2) is 30.2 Å². The van der Waals surface area contributed by atoms with Crippen molar-refractivity contribution >= 4 is 28.9 Å². The van der Waals surface area contributed by atoms with E-state index < -0.39 is 0 Å². The Hall–Kier alpha value is -1.99. The number of nitrogens with zero attached hydrogens (tertiary/aromatic N) is 5. The molecule has 0 saturated carbocycles. The van der Waals surface area contributed by atoms with Gasteiger partial charge in [-0.1, -0.05) is 6.92 Å². The Morgan fingerprint density at radius 1 is 1.33 bits per heavy atom. The van der Waals surface area contributed by atoms with E-state index in [1.807, 2.05) is 0 Å². The Bertz CT molecular complexity index is 724. The number of anilines is 1. The van der Waals surface area contributed by atoms with Crippen molar-refractivity contribution < 1.29 is 0 Å². The summed E-state index contributed by atoms with van der Waals surface area (Å²) in [4.78, 5) is 17.8. The van der Waals surface area contributed by atoms with Crippen molar-refractivity contribution in [3.8, 4) is 5.95 Å². The maximum absolute atomic E-state index is 5.95. The summed E-state index contributed by atoms with van der Waals surface area (Å²) in [6.45, 7) is 2.81. The normalized spacial score (nSPS) is 10.8. The third kappa shape index (κ3) is 3.20. The molecule has 0 aliphatic rings. The average molecular weight is 321 g/mol. The summed E-state index contributed by atoms with van der Waals surface area (Å²) in [7, 11) is 0. The molecule has 3 heterocycles. The fourth-order valence-electron chi connectivity index (χ4n) is 1.91. The van der Waals surface area contributed by atoms with Crippen LogP contribution in [0.4, 0.5) is 5.95 Å². The van der Waals surface area contributed by atoms with Gasteiger partial charge in [0, 0.05) is 17.3 Å². The molecule has 0 unspecified atom stereocenters. The predicted molar refractivity (Wildman–Crippen MR) is 83.0 cm³/mol. The van der Waals surface area contributed by atoms with E-state index in [2.05, 4.69) is 43.6 Å².